The van der Waals surface area contributed by atoms with Crippen LogP contribution in [0.2, 0.25) is 0 Å². The molecule has 2 N–H and O–H groups in total. The molecule has 2 aromatic carbocycles. The largest absolute Gasteiger partial charge is 0.416 e. The minimum absolute atomic E-state index is 0.169. The van der Waals surface area contributed by atoms with Crippen LogP contribution in [0.15, 0.2) is 70.6 Å². The second kappa shape index (κ2) is 12.2. The zero-order valence-corrected chi connectivity index (χ0v) is 22.3. The number of amides is 1. The molecule has 9 heteroatoms. The highest BCUT2D eigenvalue weighted by molar-refractivity contribution is 8.05. The zero-order chi connectivity index (χ0) is 27.2. The minimum atomic E-state index is -4.45. The first kappa shape index (κ1) is 28.1. The van der Waals surface area contributed by atoms with Crippen LogP contribution in [-0.4, -0.2) is 29.0 Å². The Kier molecular flexibility index (Phi) is 9.26. The van der Waals surface area contributed by atoms with Crippen LogP contribution in [0.5, 0.6) is 0 Å². The summed E-state index contributed by atoms with van der Waals surface area (Å²) in [5.41, 5.74) is 2.82. The number of rotatable bonds is 9. The summed E-state index contributed by atoms with van der Waals surface area (Å²) in [7, 11) is 0. The average molecular weight is 529 g/mol. The first-order valence-corrected chi connectivity index (χ1v) is 12.9. The summed E-state index contributed by atoms with van der Waals surface area (Å²) in [5.74, 6) is 0.0209. The van der Waals surface area contributed by atoms with Crippen molar-refractivity contribution in [1.82, 2.24) is 15.3 Å². The molecule has 0 aliphatic carbocycles. The van der Waals surface area contributed by atoms with E-state index in [1.807, 2.05) is 56.5 Å². The van der Waals surface area contributed by atoms with Crippen LogP contribution in [0.25, 0.3) is 22.6 Å². The predicted octanol–water partition coefficient (Wildman–Crippen LogP) is 7.86. The highest BCUT2D eigenvalue weighted by Crippen LogP contribution is 2.33. The molecule has 3 aromatic rings. The van der Waals surface area contributed by atoms with E-state index in [1.54, 1.807) is 0 Å². The lowest BCUT2D eigenvalue weighted by molar-refractivity contribution is -0.137. The number of halogens is 3. The normalized spacial score (nSPS) is 11.6. The molecule has 0 aliphatic rings. The van der Waals surface area contributed by atoms with Crippen molar-refractivity contribution in [3.63, 3.8) is 0 Å². The van der Waals surface area contributed by atoms with Gasteiger partial charge in [0, 0.05) is 29.9 Å². The van der Waals surface area contributed by atoms with Gasteiger partial charge in [0.1, 0.15) is 17.2 Å². The number of allylic oxidation sites excluding steroid dienone is 2. The molecule has 3 rings (SSSR count). The topological polar surface area (TPSA) is 61.0 Å². The lowest BCUT2D eigenvalue weighted by Crippen LogP contribution is -2.23. The van der Waals surface area contributed by atoms with Crippen LogP contribution in [0.3, 0.4) is 0 Å². The Morgan fingerprint density at radius 1 is 1.03 bits per heavy atom. The monoisotopic (exact) mass is 528 g/mol. The molecule has 0 radical (unpaired) electrons. The summed E-state index contributed by atoms with van der Waals surface area (Å²) in [5, 5.41) is 5.44. The zero-order valence-electron chi connectivity index (χ0n) is 21.5. The Labute approximate surface area is 219 Å². The summed E-state index contributed by atoms with van der Waals surface area (Å²) in [6, 6.07) is 12.4. The van der Waals surface area contributed by atoms with E-state index in [2.05, 4.69) is 34.0 Å². The van der Waals surface area contributed by atoms with E-state index in [-0.39, 0.29) is 11.4 Å². The first-order valence-electron chi connectivity index (χ1n) is 12.0. The first-order chi connectivity index (χ1) is 17.6. The van der Waals surface area contributed by atoms with Gasteiger partial charge in [0.15, 0.2) is 0 Å². The van der Waals surface area contributed by atoms with E-state index in [1.165, 1.54) is 23.9 Å². The maximum absolute atomic E-state index is 13.4. The molecular weight excluding hydrogens is 497 g/mol. The molecule has 0 atom stereocenters. The van der Waals surface area contributed by atoms with Gasteiger partial charge in [0.2, 0.25) is 0 Å². The Bertz CT molecular complexity index is 1270. The Morgan fingerprint density at radius 3 is 2.14 bits per heavy atom. The van der Waals surface area contributed by atoms with Crippen molar-refractivity contribution in [2.45, 2.75) is 40.8 Å². The van der Waals surface area contributed by atoms with E-state index in [0.717, 1.165) is 42.0 Å². The quantitative estimate of drug-likeness (QED) is 0.297. The van der Waals surface area contributed by atoms with Gasteiger partial charge >= 0.3 is 6.18 Å². The number of imidazole rings is 1. The molecule has 196 valence electrons. The third-order valence-corrected chi connectivity index (χ3v) is 6.84. The maximum Gasteiger partial charge on any atom is 0.416 e. The van der Waals surface area contributed by atoms with E-state index < -0.39 is 17.6 Å². The lowest BCUT2D eigenvalue weighted by atomic mass is 10.1. The van der Waals surface area contributed by atoms with Crippen LogP contribution in [0, 0.1) is 0 Å². The van der Waals surface area contributed by atoms with Gasteiger partial charge in [-0.3, -0.25) is 4.79 Å². The molecular formula is C28H31F3N4OS. The summed E-state index contributed by atoms with van der Waals surface area (Å²) >= 11 is 1.37. The molecule has 0 spiro atoms. The fourth-order valence-electron chi connectivity index (χ4n) is 3.69. The molecule has 0 aliphatic heterocycles. The number of anilines is 1. The van der Waals surface area contributed by atoms with Crippen LogP contribution in [0.1, 0.15) is 50.7 Å². The van der Waals surface area contributed by atoms with Crippen molar-refractivity contribution >= 4 is 23.4 Å². The third-order valence-electron chi connectivity index (χ3n) is 5.69. The van der Waals surface area contributed by atoms with Gasteiger partial charge < -0.3 is 15.2 Å². The molecule has 1 aromatic heterocycles. The van der Waals surface area contributed by atoms with Gasteiger partial charge in [-0.05, 0) is 82.0 Å². The van der Waals surface area contributed by atoms with Crippen LogP contribution in [-0.2, 0) is 6.18 Å². The molecule has 0 saturated carbocycles. The van der Waals surface area contributed by atoms with Crippen molar-refractivity contribution < 1.29 is 18.0 Å². The van der Waals surface area contributed by atoms with Crippen molar-refractivity contribution in [3.8, 4) is 22.6 Å². The highest BCUT2D eigenvalue weighted by Gasteiger charge is 2.30. The van der Waals surface area contributed by atoms with Gasteiger partial charge in [-0.2, -0.15) is 13.2 Å². The molecule has 0 bridgehead atoms. The number of nitrogens with one attached hydrogen (secondary N) is 2. The van der Waals surface area contributed by atoms with Gasteiger partial charge in [-0.15, -0.1) is 0 Å². The molecule has 0 fully saturated rings. The number of nitrogens with zero attached hydrogens (tertiary/aromatic N) is 2. The Balaban J connectivity index is 2.05. The van der Waals surface area contributed by atoms with Crippen LogP contribution >= 0.6 is 11.8 Å². The van der Waals surface area contributed by atoms with Crippen LogP contribution in [0.4, 0.5) is 18.9 Å². The SMILES string of the molecule is C/C=C\SC(NC(=O)c1[nH]c(-c2ccc(N(CC)CC)cc2)nc1-c1ccc(C(F)(F)F)cc1)=C(C)C. The fourth-order valence-corrected chi connectivity index (χ4v) is 4.35. The summed E-state index contributed by atoms with van der Waals surface area (Å²) < 4.78 is 39.3. The van der Waals surface area contributed by atoms with Crippen molar-refractivity contribution in [2.75, 3.05) is 18.0 Å². The van der Waals surface area contributed by atoms with E-state index in [4.69, 9.17) is 0 Å². The summed E-state index contributed by atoms with van der Waals surface area (Å²) in [4.78, 5) is 23.3. The minimum Gasteiger partial charge on any atom is -0.372 e. The number of benzene rings is 2. The number of thioether (sulfide) groups is 1. The number of alkyl halides is 3. The molecule has 1 amide bonds. The Morgan fingerprint density at radius 2 is 1.62 bits per heavy atom. The van der Waals surface area contributed by atoms with Gasteiger partial charge in [-0.1, -0.05) is 30.0 Å². The number of aromatic nitrogens is 2. The smallest absolute Gasteiger partial charge is 0.372 e. The summed E-state index contributed by atoms with van der Waals surface area (Å²) in [6.45, 7) is 11.6. The molecule has 0 saturated heterocycles. The molecule has 37 heavy (non-hydrogen) atoms. The second-order valence-electron chi connectivity index (χ2n) is 8.47. The number of carbonyl (C=O) groups excluding carboxylic acids is 1. The molecule has 1 heterocycles. The van der Waals surface area contributed by atoms with Crippen molar-refractivity contribution in [2.24, 2.45) is 0 Å². The number of aromatic amines is 1. The number of H-pyrrole nitrogens is 1. The molecule has 5 nitrogen and oxygen atoms in total. The van der Waals surface area contributed by atoms with Crippen molar-refractivity contribution in [3.05, 3.63) is 81.9 Å². The standard InChI is InChI=1S/C28H31F3N4OS/c1-6-17-37-27(18(4)5)34-26(36)24-23(19-9-13-21(14-10-19)28(29,30)31)32-25(33-24)20-11-15-22(16-12-20)35(7-2)8-3/h6,9-17H,7-8H2,1-5H3,(H,32,33)(H,34,36)/b17-6-. The van der Waals surface area contributed by atoms with E-state index >= 15 is 0 Å². The van der Waals surface area contributed by atoms with Gasteiger partial charge in [0.25, 0.3) is 5.91 Å². The van der Waals surface area contributed by atoms with Gasteiger partial charge in [0.05, 0.1) is 10.6 Å². The summed E-state index contributed by atoms with van der Waals surface area (Å²) in [6.07, 6.45) is -2.59. The Hall–Kier alpha value is -3.46. The number of carbonyl (C=O) groups is 1. The number of hydrogen-bond donors (Lipinski definition) is 2. The molecule has 0 unspecified atom stereocenters. The van der Waals surface area contributed by atoms with Crippen molar-refractivity contribution in [1.29, 1.82) is 0 Å². The highest BCUT2D eigenvalue weighted by atomic mass is 32.2. The maximum atomic E-state index is 13.4. The van der Waals surface area contributed by atoms with E-state index in [0.29, 0.717) is 16.4 Å². The van der Waals surface area contributed by atoms with E-state index in [9.17, 15) is 18.0 Å². The predicted molar refractivity (Wildman–Crippen MR) is 146 cm³/mol. The second-order valence-corrected chi connectivity index (χ2v) is 9.39. The third kappa shape index (κ3) is 6.85. The van der Waals surface area contributed by atoms with Crippen LogP contribution < -0.4 is 10.2 Å². The lowest BCUT2D eigenvalue weighted by Gasteiger charge is -2.20. The fraction of sp³-hybridized carbons (Fsp3) is 0.286. The number of hydrogen-bond acceptors (Lipinski definition) is 4. The average Bonchev–Trinajstić information content (AvgIpc) is 3.33. The van der Waals surface area contributed by atoms with Gasteiger partial charge in [-0.25, -0.2) is 4.98 Å².